The number of primary amides is 1. The van der Waals surface area contributed by atoms with Crippen LogP contribution in [0.4, 0.5) is 4.79 Å². The van der Waals surface area contributed by atoms with Gasteiger partial charge in [0.1, 0.15) is 12.6 Å². The minimum Gasteiger partial charge on any atom is -0.724 e. The number of nitrogens with one attached hydrogen (secondary N) is 1. The van der Waals surface area contributed by atoms with Crippen molar-refractivity contribution in [2.45, 2.75) is 31.5 Å². The first-order chi connectivity index (χ1) is 13.6. The number of fused-ring (bicyclic) bond motifs is 2. The SMILES string of the molecule is NC(=O)c1nnnn1CC(=O)CNC(=O)[C@@H]1CC[C@@H]2CN1C(=O)N2OS(=O)(=O)[O-].[Na+]. The van der Waals surface area contributed by atoms with Crippen molar-refractivity contribution in [1.82, 2.24) is 35.5 Å². The van der Waals surface area contributed by atoms with E-state index in [2.05, 4.69) is 25.1 Å². The molecule has 158 valence electrons. The van der Waals surface area contributed by atoms with Crippen LogP contribution in [0.15, 0.2) is 0 Å². The van der Waals surface area contributed by atoms with E-state index in [4.69, 9.17) is 5.73 Å². The molecule has 2 fully saturated rings. The number of aromatic nitrogens is 4. The first kappa shape index (κ1) is 24.1. The van der Waals surface area contributed by atoms with Crippen LogP contribution in [-0.2, 0) is 30.8 Å². The van der Waals surface area contributed by atoms with E-state index in [-0.39, 0.29) is 54.8 Å². The van der Waals surface area contributed by atoms with Gasteiger partial charge in [0.15, 0.2) is 5.78 Å². The second kappa shape index (κ2) is 9.31. The first-order valence-electron chi connectivity index (χ1n) is 8.17. The average molecular weight is 454 g/mol. The number of tetrazole rings is 1. The van der Waals surface area contributed by atoms with E-state index in [0.29, 0.717) is 5.06 Å². The normalized spacial score (nSPS) is 20.6. The molecule has 3 N–H and O–H groups in total. The molecule has 0 spiro atoms. The molecule has 0 radical (unpaired) electrons. The Kier molecular flexibility index (Phi) is 7.48. The van der Waals surface area contributed by atoms with E-state index < -0.39 is 59.2 Å². The summed E-state index contributed by atoms with van der Waals surface area (Å²) in [5.41, 5.74) is 5.06. The fourth-order valence-corrected chi connectivity index (χ4v) is 3.50. The van der Waals surface area contributed by atoms with Gasteiger partial charge in [-0.3, -0.25) is 14.4 Å². The number of hydroxylamine groups is 2. The van der Waals surface area contributed by atoms with Crippen LogP contribution in [0.1, 0.15) is 23.5 Å². The average Bonchev–Trinajstić information content (AvgIpc) is 3.18. The number of hydrogen-bond donors (Lipinski definition) is 2. The number of urea groups is 1. The molecular formula is C12H15N8NaO8S. The number of carbonyl (C=O) groups excluding carboxylic acids is 4. The zero-order chi connectivity index (χ0) is 21.3. The van der Waals surface area contributed by atoms with E-state index in [1.54, 1.807) is 0 Å². The molecule has 2 saturated heterocycles. The van der Waals surface area contributed by atoms with E-state index >= 15 is 0 Å². The van der Waals surface area contributed by atoms with Crippen LogP contribution in [0.2, 0.25) is 0 Å². The monoisotopic (exact) mass is 454 g/mol. The summed E-state index contributed by atoms with van der Waals surface area (Å²) in [5, 5.41) is 12.8. The van der Waals surface area contributed by atoms with Gasteiger partial charge in [0, 0.05) is 6.54 Å². The molecule has 0 aliphatic carbocycles. The van der Waals surface area contributed by atoms with Crippen LogP contribution >= 0.6 is 0 Å². The van der Waals surface area contributed by atoms with Crippen LogP contribution in [0.3, 0.4) is 0 Å². The third kappa shape index (κ3) is 5.29. The summed E-state index contributed by atoms with van der Waals surface area (Å²) < 4.78 is 37.3. The van der Waals surface area contributed by atoms with Crippen molar-refractivity contribution < 1.29 is 66.0 Å². The van der Waals surface area contributed by atoms with Gasteiger partial charge >= 0.3 is 35.6 Å². The number of hydrogen-bond acceptors (Lipinski definition) is 11. The Hall–Kier alpha value is -2.18. The predicted molar refractivity (Wildman–Crippen MR) is 85.9 cm³/mol. The molecule has 0 unspecified atom stereocenters. The Morgan fingerprint density at radius 3 is 2.63 bits per heavy atom. The third-order valence-corrected chi connectivity index (χ3v) is 4.68. The number of carbonyl (C=O) groups is 4. The molecule has 1 aromatic heterocycles. The molecule has 2 aliphatic heterocycles. The minimum atomic E-state index is -5.14. The molecule has 0 saturated carbocycles. The van der Waals surface area contributed by atoms with Crippen LogP contribution in [0, 0.1) is 0 Å². The van der Waals surface area contributed by atoms with E-state index in [1.807, 2.05) is 0 Å². The smallest absolute Gasteiger partial charge is 0.724 e. The summed E-state index contributed by atoms with van der Waals surface area (Å²) in [6.45, 7) is -0.856. The van der Waals surface area contributed by atoms with Gasteiger partial charge in [-0.2, -0.15) is 9.35 Å². The number of nitrogens with zero attached hydrogens (tertiary/aromatic N) is 6. The fourth-order valence-electron chi connectivity index (χ4n) is 3.12. The zero-order valence-corrected chi connectivity index (χ0v) is 18.4. The third-order valence-electron chi connectivity index (χ3n) is 4.34. The molecule has 2 bridgehead atoms. The topological polar surface area (TPSA) is 223 Å². The number of rotatable bonds is 8. The Labute approximate surface area is 191 Å². The fraction of sp³-hybridized carbons (Fsp3) is 0.583. The molecule has 30 heavy (non-hydrogen) atoms. The van der Waals surface area contributed by atoms with Crippen molar-refractivity contribution in [1.29, 1.82) is 0 Å². The molecular weight excluding hydrogens is 439 g/mol. The molecule has 18 heteroatoms. The number of Topliss-reactive ketones (excluding diaryl/α,β-unsaturated/α-hetero) is 1. The van der Waals surface area contributed by atoms with Gasteiger partial charge < -0.3 is 20.5 Å². The van der Waals surface area contributed by atoms with Crippen molar-refractivity contribution in [2.24, 2.45) is 5.73 Å². The maximum absolute atomic E-state index is 12.4. The first-order valence-corrected chi connectivity index (χ1v) is 9.51. The number of piperidine rings is 1. The summed E-state index contributed by atoms with van der Waals surface area (Å²) in [6, 6.07) is -2.58. The van der Waals surface area contributed by atoms with Gasteiger partial charge in [0.2, 0.25) is 22.1 Å². The summed E-state index contributed by atoms with van der Waals surface area (Å²) in [4.78, 5) is 48.8. The molecule has 16 nitrogen and oxygen atoms in total. The second-order valence-electron chi connectivity index (χ2n) is 6.27. The maximum Gasteiger partial charge on any atom is 1.00 e. The summed E-state index contributed by atoms with van der Waals surface area (Å²) in [5.74, 6) is -2.44. The number of nitrogens with two attached hydrogens (primary N) is 1. The Bertz CT molecular complexity index is 967. The van der Waals surface area contributed by atoms with E-state index in [1.165, 1.54) is 0 Å². The summed E-state index contributed by atoms with van der Waals surface area (Å²) in [7, 11) is -5.14. The van der Waals surface area contributed by atoms with Crippen molar-refractivity contribution in [3.63, 3.8) is 0 Å². The Morgan fingerprint density at radius 1 is 1.30 bits per heavy atom. The van der Waals surface area contributed by atoms with Crippen molar-refractivity contribution in [3.05, 3.63) is 5.82 Å². The van der Waals surface area contributed by atoms with Gasteiger partial charge in [0.05, 0.1) is 12.6 Å². The molecule has 2 atom stereocenters. The van der Waals surface area contributed by atoms with E-state index in [0.717, 1.165) is 9.58 Å². The quantitative estimate of drug-likeness (QED) is 0.213. The van der Waals surface area contributed by atoms with Gasteiger partial charge in [-0.25, -0.2) is 17.9 Å². The standard InChI is InChI=1S/C12H16N8O8S.Na/c13-9(22)10-15-16-17-19(10)5-7(21)3-14-11(23)8-2-1-6-4-18(8)12(24)20(6)28-29(25,26)27;/h6,8H,1-5H2,(H2,13,22)(H,14,23)(H,25,26,27);/q;+1/p-1/t6-,8+;/m1./s1. The van der Waals surface area contributed by atoms with Crippen LogP contribution < -0.4 is 40.6 Å². The van der Waals surface area contributed by atoms with Crippen LogP contribution in [0.25, 0.3) is 0 Å². The van der Waals surface area contributed by atoms with Crippen molar-refractivity contribution in [3.8, 4) is 0 Å². The zero-order valence-electron chi connectivity index (χ0n) is 15.6. The van der Waals surface area contributed by atoms with Gasteiger partial charge in [0.25, 0.3) is 5.91 Å². The maximum atomic E-state index is 12.4. The Balaban J connectivity index is 0.00000320. The van der Waals surface area contributed by atoms with E-state index in [9.17, 15) is 32.1 Å². The molecule has 0 aromatic carbocycles. The predicted octanol–water partition coefficient (Wildman–Crippen LogP) is -6.88. The van der Waals surface area contributed by atoms with Gasteiger partial charge in [-0.15, -0.1) is 5.10 Å². The summed E-state index contributed by atoms with van der Waals surface area (Å²) >= 11 is 0. The second-order valence-corrected chi connectivity index (χ2v) is 7.24. The van der Waals surface area contributed by atoms with Crippen molar-refractivity contribution in [2.75, 3.05) is 13.1 Å². The Morgan fingerprint density at radius 2 is 2.00 bits per heavy atom. The molecule has 2 aliphatic rings. The largest absolute Gasteiger partial charge is 1.00 e. The number of ketones is 1. The van der Waals surface area contributed by atoms with Gasteiger partial charge in [-0.1, -0.05) is 0 Å². The number of amides is 4. The van der Waals surface area contributed by atoms with Gasteiger partial charge in [-0.05, 0) is 23.3 Å². The molecule has 3 heterocycles. The summed E-state index contributed by atoms with van der Waals surface area (Å²) in [6.07, 6.45) is 0.393. The van der Waals surface area contributed by atoms with Crippen LogP contribution in [0.5, 0.6) is 0 Å². The minimum absolute atomic E-state index is 0. The molecule has 4 amide bonds. The van der Waals surface area contributed by atoms with Crippen molar-refractivity contribution >= 4 is 34.0 Å². The van der Waals surface area contributed by atoms with Crippen LogP contribution in [-0.4, -0.2) is 91.9 Å². The molecule has 3 rings (SSSR count). The molecule has 1 aromatic rings.